The zero-order valence-corrected chi connectivity index (χ0v) is 22.2. The Labute approximate surface area is 223 Å². The van der Waals surface area contributed by atoms with Gasteiger partial charge in [-0.2, -0.15) is 0 Å². The molecule has 0 aromatic heterocycles. The van der Waals surface area contributed by atoms with Gasteiger partial charge in [0.1, 0.15) is 37.1 Å². The molecule has 0 amide bonds. The molecule has 2 heterocycles. The number of hydrogen-bond acceptors (Lipinski definition) is 9. The summed E-state index contributed by atoms with van der Waals surface area (Å²) in [6.45, 7) is 3.69. The van der Waals surface area contributed by atoms with E-state index in [1.807, 2.05) is 42.5 Å². The molecule has 1 fully saturated rings. The highest BCUT2D eigenvalue weighted by atomic mass is 16.6. The summed E-state index contributed by atoms with van der Waals surface area (Å²) in [6, 6.07) is 12.9. The number of fused-ring (bicyclic) bond motifs is 1. The van der Waals surface area contributed by atoms with E-state index in [2.05, 4.69) is 4.90 Å². The van der Waals surface area contributed by atoms with Crippen molar-refractivity contribution in [2.45, 2.75) is 31.8 Å². The van der Waals surface area contributed by atoms with Gasteiger partial charge in [-0.25, -0.2) is 4.79 Å². The minimum absolute atomic E-state index is 0.0759. The van der Waals surface area contributed by atoms with Crippen LogP contribution in [0.2, 0.25) is 0 Å². The average Bonchev–Trinajstić information content (AvgIpc) is 3.46. The van der Waals surface area contributed by atoms with Crippen molar-refractivity contribution in [3.63, 3.8) is 0 Å². The van der Waals surface area contributed by atoms with Crippen LogP contribution in [-0.2, 0) is 19.1 Å². The smallest absolute Gasteiger partial charge is 0.331 e. The predicted molar refractivity (Wildman–Crippen MR) is 140 cm³/mol. The van der Waals surface area contributed by atoms with E-state index in [4.69, 9.17) is 28.4 Å². The van der Waals surface area contributed by atoms with E-state index in [1.165, 1.54) is 7.11 Å². The zero-order chi connectivity index (χ0) is 26.7. The summed E-state index contributed by atoms with van der Waals surface area (Å²) in [4.78, 5) is 27.5. The number of ether oxygens (including phenoxy) is 6. The standard InChI is InChI=1S/C29H37NO8/c1-33-24-6-8-25(9-7-24)35-14-11-23(31)17-22(19-30-12-3-4-13-30)29(38-20-28(32)34-2)21-5-10-26-27(18-21)37-16-15-36-26/h5-10,18,22,29H,3-4,11-17,19-20H2,1-2H3/t22-,29-/m1/s1. The van der Waals surface area contributed by atoms with Crippen LogP contribution in [0.3, 0.4) is 0 Å². The van der Waals surface area contributed by atoms with E-state index < -0.39 is 12.1 Å². The largest absolute Gasteiger partial charge is 0.497 e. The summed E-state index contributed by atoms with van der Waals surface area (Å²) in [5.74, 6) is 2.18. The van der Waals surface area contributed by atoms with E-state index in [0.717, 1.165) is 37.2 Å². The van der Waals surface area contributed by atoms with Gasteiger partial charge in [0.05, 0.1) is 26.9 Å². The molecule has 0 bridgehead atoms. The average molecular weight is 528 g/mol. The van der Waals surface area contributed by atoms with Gasteiger partial charge < -0.3 is 33.3 Å². The summed E-state index contributed by atoms with van der Waals surface area (Å²) in [6.07, 6.45) is 2.33. The van der Waals surface area contributed by atoms with Gasteiger partial charge in [-0.15, -0.1) is 0 Å². The van der Waals surface area contributed by atoms with E-state index in [9.17, 15) is 9.59 Å². The van der Waals surface area contributed by atoms with Crippen molar-refractivity contribution in [1.82, 2.24) is 4.90 Å². The second kappa shape index (κ2) is 14.0. The quantitative estimate of drug-likeness (QED) is 0.340. The number of Topliss-reactive ketones (excluding diaryl/α,β-unsaturated/α-hetero) is 1. The van der Waals surface area contributed by atoms with E-state index in [1.54, 1.807) is 7.11 Å². The molecule has 2 atom stereocenters. The minimum atomic E-state index is -0.503. The van der Waals surface area contributed by atoms with Crippen molar-refractivity contribution in [1.29, 1.82) is 0 Å². The normalized spacial score (nSPS) is 16.5. The molecule has 4 rings (SSSR count). The van der Waals surface area contributed by atoms with Crippen LogP contribution in [0.4, 0.5) is 0 Å². The van der Waals surface area contributed by atoms with Crippen molar-refractivity contribution >= 4 is 11.8 Å². The topological polar surface area (TPSA) is 92.8 Å². The van der Waals surface area contributed by atoms with Crippen LogP contribution in [-0.4, -0.2) is 76.9 Å². The fourth-order valence-corrected chi connectivity index (χ4v) is 4.87. The van der Waals surface area contributed by atoms with Crippen LogP contribution in [0.5, 0.6) is 23.0 Å². The number of ketones is 1. The molecule has 9 nitrogen and oxygen atoms in total. The molecule has 2 aromatic rings. The number of carbonyl (C=O) groups is 2. The molecule has 2 aliphatic rings. The maximum absolute atomic E-state index is 13.2. The van der Waals surface area contributed by atoms with Crippen molar-refractivity contribution in [2.75, 3.05) is 60.3 Å². The van der Waals surface area contributed by atoms with Crippen molar-refractivity contribution in [3.8, 4) is 23.0 Å². The third-order valence-electron chi connectivity index (χ3n) is 6.82. The molecular weight excluding hydrogens is 490 g/mol. The third-order valence-corrected chi connectivity index (χ3v) is 6.82. The van der Waals surface area contributed by atoms with Crippen LogP contribution in [0, 0.1) is 5.92 Å². The first-order valence-electron chi connectivity index (χ1n) is 13.1. The molecule has 1 saturated heterocycles. The Balaban J connectivity index is 1.47. The number of nitrogens with zero attached hydrogens (tertiary/aromatic N) is 1. The maximum atomic E-state index is 13.2. The number of benzene rings is 2. The second-order valence-electron chi connectivity index (χ2n) is 9.50. The van der Waals surface area contributed by atoms with Crippen molar-refractivity contribution in [2.24, 2.45) is 5.92 Å². The number of methoxy groups -OCH3 is 2. The highest BCUT2D eigenvalue weighted by molar-refractivity contribution is 5.79. The molecular formula is C29H37NO8. The Bertz CT molecular complexity index is 1050. The molecule has 0 radical (unpaired) electrons. The lowest BCUT2D eigenvalue weighted by atomic mass is 9.89. The zero-order valence-electron chi connectivity index (χ0n) is 22.2. The summed E-state index contributed by atoms with van der Waals surface area (Å²) in [5.41, 5.74) is 0.838. The Morgan fingerprint density at radius 3 is 2.37 bits per heavy atom. The van der Waals surface area contributed by atoms with Gasteiger partial charge in [-0.05, 0) is 67.9 Å². The first kappa shape index (κ1) is 27.7. The van der Waals surface area contributed by atoms with Crippen LogP contribution < -0.4 is 18.9 Å². The van der Waals surface area contributed by atoms with Crippen LogP contribution in [0.15, 0.2) is 42.5 Å². The molecule has 2 aliphatic heterocycles. The highest BCUT2D eigenvalue weighted by Crippen LogP contribution is 2.37. The van der Waals surface area contributed by atoms with Gasteiger partial charge in [0, 0.05) is 25.3 Å². The van der Waals surface area contributed by atoms with Gasteiger partial charge >= 0.3 is 5.97 Å². The first-order valence-corrected chi connectivity index (χ1v) is 13.1. The van der Waals surface area contributed by atoms with Gasteiger partial charge in [0.25, 0.3) is 0 Å². The Hall–Kier alpha value is -3.30. The van der Waals surface area contributed by atoms with E-state index >= 15 is 0 Å². The lowest BCUT2D eigenvalue weighted by molar-refractivity contribution is -0.149. The van der Waals surface area contributed by atoms with Crippen molar-refractivity contribution in [3.05, 3.63) is 48.0 Å². The molecule has 0 saturated carbocycles. The number of likely N-dealkylation sites (tertiary alicyclic amines) is 1. The third kappa shape index (κ3) is 7.85. The SMILES string of the molecule is COC(=O)CO[C@H](c1ccc2c(c1)OCCO2)[C@H](CC(=O)CCOc1ccc(OC)cc1)CN1CCCC1. The lowest BCUT2D eigenvalue weighted by Crippen LogP contribution is -2.33. The molecule has 0 spiro atoms. The second-order valence-corrected chi connectivity index (χ2v) is 9.50. The minimum Gasteiger partial charge on any atom is -0.497 e. The Kier molecular flexibility index (Phi) is 10.2. The fourth-order valence-electron chi connectivity index (χ4n) is 4.87. The fraction of sp³-hybridized carbons (Fsp3) is 0.517. The predicted octanol–water partition coefficient (Wildman–Crippen LogP) is 3.84. The summed E-state index contributed by atoms with van der Waals surface area (Å²) in [5, 5.41) is 0. The van der Waals surface area contributed by atoms with Crippen molar-refractivity contribution < 1.29 is 38.0 Å². The first-order chi connectivity index (χ1) is 18.6. The number of rotatable bonds is 14. The molecule has 9 heteroatoms. The molecule has 206 valence electrons. The number of carbonyl (C=O) groups excluding carboxylic acids is 2. The molecule has 0 N–H and O–H groups in total. The Morgan fingerprint density at radius 2 is 1.66 bits per heavy atom. The Morgan fingerprint density at radius 1 is 0.947 bits per heavy atom. The van der Waals surface area contributed by atoms with E-state index in [0.29, 0.717) is 43.4 Å². The number of hydrogen-bond donors (Lipinski definition) is 0. The van der Waals surface area contributed by atoms with Gasteiger partial charge in [0.2, 0.25) is 0 Å². The monoisotopic (exact) mass is 527 g/mol. The molecule has 0 unspecified atom stereocenters. The van der Waals surface area contributed by atoms with Crippen LogP contribution in [0.25, 0.3) is 0 Å². The van der Waals surface area contributed by atoms with Crippen LogP contribution >= 0.6 is 0 Å². The highest BCUT2D eigenvalue weighted by Gasteiger charge is 2.31. The van der Waals surface area contributed by atoms with E-state index in [-0.39, 0.29) is 31.3 Å². The van der Waals surface area contributed by atoms with Gasteiger partial charge in [-0.3, -0.25) is 4.79 Å². The summed E-state index contributed by atoms with van der Waals surface area (Å²) < 4.78 is 33.4. The molecule has 38 heavy (non-hydrogen) atoms. The summed E-state index contributed by atoms with van der Waals surface area (Å²) >= 11 is 0. The molecule has 2 aromatic carbocycles. The molecule has 0 aliphatic carbocycles. The van der Waals surface area contributed by atoms with Gasteiger partial charge in [0.15, 0.2) is 11.5 Å². The van der Waals surface area contributed by atoms with Crippen LogP contribution in [0.1, 0.15) is 37.4 Å². The van der Waals surface area contributed by atoms with Gasteiger partial charge in [-0.1, -0.05) is 6.07 Å². The summed E-state index contributed by atoms with van der Waals surface area (Å²) in [7, 11) is 2.94. The number of esters is 1. The lowest BCUT2D eigenvalue weighted by Gasteiger charge is -2.31. The maximum Gasteiger partial charge on any atom is 0.331 e.